The van der Waals surface area contributed by atoms with Crippen LogP contribution < -0.4 is 5.43 Å². The third kappa shape index (κ3) is 1.80. The zero-order valence-electron chi connectivity index (χ0n) is 10.7. The average Bonchev–Trinajstić information content (AvgIpc) is 3.05. The van der Waals surface area contributed by atoms with Gasteiger partial charge in [-0.05, 0) is 36.3 Å². The third-order valence-corrected chi connectivity index (χ3v) is 5.14. The molecule has 2 nitrogen and oxygen atoms in total. The van der Waals surface area contributed by atoms with Crippen molar-refractivity contribution in [2.45, 2.75) is 25.3 Å². The summed E-state index contributed by atoms with van der Waals surface area (Å²) in [6, 6.07) is 13.5. The number of nitrogens with one attached hydrogen (secondary N) is 1. The van der Waals surface area contributed by atoms with Crippen molar-refractivity contribution in [1.29, 1.82) is 0 Å². The van der Waals surface area contributed by atoms with Crippen LogP contribution in [-0.4, -0.2) is 5.71 Å². The molecular weight excluding hydrogens is 252 g/mol. The minimum absolute atomic E-state index is 0.376. The molecule has 1 aromatic heterocycles. The molecule has 0 saturated carbocycles. The van der Waals surface area contributed by atoms with Crippen molar-refractivity contribution in [2.24, 2.45) is 11.0 Å². The molecule has 3 heteroatoms. The van der Waals surface area contributed by atoms with E-state index < -0.39 is 0 Å². The largest absolute Gasteiger partial charge is 0.301 e. The lowest BCUT2D eigenvalue weighted by molar-refractivity contribution is 0.469. The van der Waals surface area contributed by atoms with Gasteiger partial charge in [0, 0.05) is 16.4 Å². The topological polar surface area (TPSA) is 24.4 Å². The first-order chi connectivity index (χ1) is 9.43. The van der Waals surface area contributed by atoms with Crippen LogP contribution in [0, 0.1) is 5.92 Å². The zero-order valence-corrected chi connectivity index (χ0v) is 11.5. The van der Waals surface area contributed by atoms with Crippen molar-refractivity contribution in [3.05, 3.63) is 57.8 Å². The number of hydrogen-bond donors (Lipinski definition) is 1. The summed E-state index contributed by atoms with van der Waals surface area (Å²) < 4.78 is 0. The molecule has 0 bridgehead atoms. The number of benzene rings is 1. The van der Waals surface area contributed by atoms with E-state index in [9.17, 15) is 0 Å². The van der Waals surface area contributed by atoms with Gasteiger partial charge < -0.3 is 5.43 Å². The lowest BCUT2D eigenvalue weighted by atomic mass is 9.89. The highest BCUT2D eigenvalue weighted by Crippen LogP contribution is 2.38. The number of rotatable bonds is 1. The molecule has 2 unspecified atom stereocenters. The van der Waals surface area contributed by atoms with Crippen LogP contribution in [0.2, 0.25) is 0 Å². The number of aryl methyl sites for hydroxylation is 1. The van der Waals surface area contributed by atoms with Crippen molar-refractivity contribution in [2.75, 3.05) is 0 Å². The van der Waals surface area contributed by atoms with E-state index in [-0.39, 0.29) is 0 Å². The fourth-order valence-corrected chi connectivity index (χ4v) is 4.10. The van der Waals surface area contributed by atoms with Gasteiger partial charge in [-0.3, -0.25) is 0 Å². The molecule has 2 aromatic rings. The lowest BCUT2D eigenvalue weighted by Gasteiger charge is -2.18. The van der Waals surface area contributed by atoms with Gasteiger partial charge in [0.25, 0.3) is 0 Å². The molecule has 0 saturated heterocycles. The minimum Gasteiger partial charge on any atom is -0.301 e. The maximum atomic E-state index is 4.67. The van der Waals surface area contributed by atoms with Gasteiger partial charge in [-0.25, -0.2) is 0 Å². The van der Waals surface area contributed by atoms with E-state index in [2.05, 4.69) is 52.3 Å². The van der Waals surface area contributed by atoms with Crippen molar-refractivity contribution < 1.29 is 0 Å². The Bertz CT molecular complexity index is 615. The highest BCUT2D eigenvalue weighted by atomic mass is 32.1. The van der Waals surface area contributed by atoms with Crippen LogP contribution in [0.4, 0.5) is 0 Å². The first-order valence-corrected chi connectivity index (χ1v) is 7.76. The smallest absolute Gasteiger partial charge is 0.0866 e. The van der Waals surface area contributed by atoms with Crippen LogP contribution in [0.25, 0.3) is 0 Å². The quantitative estimate of drug-likeness (QED) is 0.837. The number of hydrazone groups is 1. The van der Waals surface area contributed by atoms with Crippen LogP contribution in [0.5, 0.6) is 0 Å². The van der Waals surface area contributed by atoms with E-state index in [0.717, 1.165) is 0 Å². The molecule has 2 atom stereocenters. The highest BCUT2D eigenvalue weighted by molar-refractivity contribution is 7.10. The van der Waals surface area contributed by atoms with Gasteiger partial charge in [-0.2, -0.15) is 5.10 Å². The lowest BCUT2D eigenvalue weighted by Crippen LogP contribution is -2.20. The molecule has 96 valence electrons. The predicted octanol–water partition coefficient (Wildman–Crippen LogP) is 3.75. The van der Waals surface area contributed by atoms with Gasteiger partial charge in [0.2, 0.25) is 0 Å². The molecule has 2 aliphatic rings. The van der Waals surface area contributed by atoms with Gasteiger partial charge >= 0.3 is 0 Å². The van der Waals surface area contributed by atoms with E-state index in [4.69, 9.17) is 0 Å². The van der Waals surface area contributed by atoms with Crippen LogP contribution in [0.3, 0.4) is 0 Å². The summed E-state index contributed by atoms with van der Waals surface area (Å²) >= 11 is 1.83. The maximum Gasteiger partial charge on any atom is 0.0866 e. The summed E-state index contributed by atoms with van der Waals surface area (Å²) in [5.41, 5.74) is 7.45. The van der Waals surface area contributed by atoms with E-state index in [1.165, 1.54) is 41.0 Å². The SMILES string of the molecule is c1csc(C2NN=C3c4ccccc4CCCC32)c1. The standard InChI is InChI=1S/C16H16N2S/c1-2-7-12-11(5-1)6-3-8-13-15(12)17-18-16(13)14-9-4-10-19-14/h1-2,4-5,7,9-10,13,16,18H,3,6,8H2. The van der Waals surface area contributed by atoms with Crippen LogP contribution in [0.1, 0.15) is 34.9 Å². The summed E-state index contributed by atoms with van der Waals surface area (Å²) in [5.74, 6) is 0.530. The molecule has 2 heterocycles. The molecule has 0 radical (unpaired) electrons. The minimum atomic E-state index is 0.376. The molecule has 1 aliphatic heterocycles. The first kappa shape index (κ1) is 11.2. The molecule has 0 fully saturated rings. The number of thiophene rings is 1. The van der Waals surface area contributed by atoms with Crippen LogP contribution in [0.15, 0.2) is 46.9 Å². The van der Waals surface area contributed by atoms with Gasteiger partial charge in [-0.15, -0.1) is 11.3 Å². The molecule has 19 heavy (non-hydrogen) atoms. The van der Waals surface area contributed by atoms with Crippen LogP contribution >= 0.6 is 11.3 Å². The zero-order chi connectivity index (χ0) is 12.7. The van der Waals surface area contributed by atoms with E-state index in [0.29, 0.717) is 12.0 Å². The van der Waals surface area contributed by atoms with Gasteiger partial charge in [0.1, 0.15) is 0 Å². The average molecular weight is 268 g/mol. The molecule has 1 N–H and O–H groups in total. The molecule has 1 aliphatic carbocycles. The summed E-state index contributed by atoms with van der Waals surface area (Å²) in [5, 5.41) is 6.82. The third-order valence-electron chi connectivity index (χ3n) is 4.18. The van der Waals surface area contributed by atoms with Gasteiger partial charge in [0.15, 0.2) is 0 Å². The van der Waals surface area contributed by atoms with E-state index >= 15 is 0 Å². The van der Waals surface area contributed by atoms with Crippen molar-refractivity contribution in [3.8, 4) is 0 Å². The van der Waals surface area contributed by atoms with Crippen LogP contribution in [-0.2, 0) is 6.42 Å². The molecule has 0 spiro atoms. The van der Waals surface area contributed by atoms with Gasteiger partial charge in [-0.1, -0.05) is 30.3 Å². The number of fused-ring (bicyclic) bond motifs is 3. The summed E-state index contributed by atoms with van der Waals surface area (Å²) in [7, 11) is 0. The first-order valence-electron chi connectivity index (χ1n) is 6.88. The normalized spacial score (nSPS) is 24.9. The van der Waals surface area contributed by atoms with Crippen molar-refractivity contribution in [1.82, 2.24) is 5.43 Å². The second-order valence-corrected chi connectivity index (χ2v) is 6.25. The molecule has 4 rings (SSSR count). The fourth-order valence-electron chi connectivity index (χ4n) is 3.26. The Hall–Kier alpha value is -1.61. The van der Waals surface area contributed by atoms with Crippen molar-refractivity contribution in [3.63, 3.8) is 0 Å². The highest BCUT2D eigenvalue weighted by Gasteiger charge is 2.35. The fraction of sp³-hybridized carbons (Fsp3) is 0.312. The Kier molecular flexibility index (Phi) is 2.66. The van der Waals surface area contributed by atoms with Gasteiger partial charge in [0.05, 0.1) is 11.8 Å². The summed E-state index contributed by atoms with van der Waals surface area (Å²) in [6.07, 6.45) is 3.66. The Morgan fingerprint density at radius 1 is 1.16 bits per heavy atom. The Morgan fingerprint density at radius 2 is 2.11 bits per heavy atom. The molecule has 0 amide bonds. The second-order valence-electron chi connectivity index (χ2n) is 5.28. The molecular formula is C16H16N2S. The molecule has 1 aromatic carbocycles. The predicted molar refractivity (Wildman–Crippen MR) is 79.6 cm³/mol. The number of hydrogen-bond acceptors (Lipinski definition) is 3. The second kappa shape index (κ2) is 4.49. The Labute approximate surface area is 117 Å². The maximum absolute atomic E-state index is 4.67. The summed E-state index contributed by atoms with van der Waals surface area (Å²) in [6.45, 7) is 0. The van der Waals surface area contributed by atoms with E-state index in [1.807, 2.05) is 11.3 Å². The van der Waals surface area contributed by atoms with E-state index in [1.54, 1.807) is 0 Å². The number of nitrogens with zero attached hydrogens (tertiary/aromatic N) is 1. The van der Waals surface area contributed by atoms with Crippen molar-refractivity contribution >= 4 is 17.0 Å². The summed E-state index contributed by atoms with van der Waals surface area (Å²) in [4.78, 5) is 1.41. The Morgan fingerprint density at radius 3 is 3.00 bits per heavy atom. The monoisotopic (exact) mass is 268 g/mol. The Balaban J connectivity index is 1.75.